The molecule has 1 heterocycles. The highest BCUT2D eigenvalue weighted by Gasteiger charge is 2.26. The fourth-order valence-corrected chi connectivity index (χ4v) is 3.46. The average Bonchev–Trinajstić information content (AvgIpc) is 2.84. The van der Waals surface area contributed by atoms with E-state index in [1.807, 2.05) is 6.92 Å². The van der Waals surface area contributed by atoms with Gasteiger partial charge in [0.05, 0.1) is 6.07 Å². The zero-order valence-electron chi connectivity index (χ0n) is 11.9. The summed E-state index contributed by atoms with van der Waals surface area (Å²) < 4.78 is 5.19. The van der Waals surface area contributed by atoms with Gasteiger partial charge in [0.25, 0.3) is 0 Å². The minimum absolute atomic E-state index is 0.354. The molecule has 0 saturated heterocycles. The lowest BCUT2D eigenvalue weighted by Gasteiger charge is -2.26. The minimum Gasteiger partial charge on any atom is -0.299 e. The van der Waals surface area contributed by atoms with Gasteiger partial charge in [-0.25, -0.2) is 4.98 Å². The molecular formula is C13H22N4S2. The Bertz CT molecular complexity index is 413. The number of hydrogen-bond donors (Lipinski definition) is 1. The van der Waals surface area contributed by atoms with Crippen LogP contribution in [0.4, 0.5) is 0 Å². The van der Waals surface area contributed by atoms with Crippen LogP contribution in [0.5, 0.6) is 0 Å². The molecule has 4 nitrogen and oxygen atoms in total. The number of nitriles is 1. The highest BCUT2D eigenvalue weighted by molar-refractivity contribution is 8.00. The molecule has 19 heavy (non-hydrogen) atoms. The number of hydrogen-bond acceptors (Lipinski definition) is 6. The summed E-state index contributed by atoms with van der Waals surface area (Å²) in [4.78, 5) is 4.32. The standard InChI is InChI=1S/C13H22N4S2/c1-4-8-15-13(5-2,10-14)7-6-9-18-12-16-11(3)17-19-12/h15H,4-9H2,1-3H3. The van der Waals surface area contributed by atoms with E-state index in [-0.39, 0.29) is 5.54 Å². The van der Waals surface area contributed by atoms with Gasteiger partial charge in [0.1, 0.15) is 11.4 Å². The smallest absolute Gasteiger partial charge is 0.170 e. The number of aryl methyl sites for hydroxylation is 1. The van der Waals surface area contributed by atoms with Crippen molar-refractivity contribution in [1.82, 2.24) is 14.7 Å². The van der Waals surface area contributed by atoms with E-state index >= 15 is 0 Å². The van der Waals surface area contributed by atoms with Crippen molar-refractivity contribution in [2.24, 2.45) is 0 Å². The molecule has 0 aliphatic heterocycles. The van der Waals surface area contributed by atoms with E-state index in [0.717, 1.165) is 48.1 Å². The molecule has 6 heteroatoms. The zero-order chi connectivity index (χ0) is 14.1. The predicted octanol–water partition coefficient (Wildman–Crippen LogP) is 3.39. The van der Waals surface area contributed by atoms with Crippen molar-refractivity contribution < 1.29 is 0 Å². The molecule has 0 aromatic carbocycles. The van der Waals surface area contributed by atoms with Gasteiger partial charge in [-0.05, 0) is 50.7 Å². The second-order valence-corrected chi connectivity index (χ2v) is 6.63. The third-order valence-electron chi connectivity index (χ3n) is 3.01. The first-order valence-electron chi connectivity index (χ1n) is 6.75. The highest BCUT2D eigenvalue weighted by Crippen LogP contribution is 2.24. The normalized spacial score (nSPS) is 14.0. The summed E-state index contributed by atoms with van der Waals surface area (Å²) in [6.45, 7) is 7.02. The Morgan fingerprint density at radius 1 is 1.47 bits per heavy atom. The molecule has 1 rings (SSSR count). The predicted molar refractivity (Wildman–Crippen MR) is 81.5 cm³/mol. The Hall–Kier alpha value is -0.640. The summed E-state index contributed by atoms with van der Waals surface area (Å²) in [7, 11) is 0. The Morgan fingerprint density at radius 2 is 2.26 bits per heavy atom. The Kier molecular flexibility index (Phi) is 7.36. The van der Waals surface area contributed by atoms with Crippen molar-refractivity contribution in [1.29, 1.82) is 5.26 Å². The van der Waals surface area contributed by atoms with E-state index < -0.39 is 0 Å². The molecule has 0 amide bonds. The highest BCUT2D eigenvalue weighted by atomic mass is 32.2. The van der Waals surface area contributed by atoms with Crippen LogP contribution in [0.3, 0.4) is 0 Å². The molecule has 1 atom stereocenters. The molecule has 1 aromatic heterocycles. The first kappa shape index (κ1) is 16.4. The van der Waals surface area contributed by atoms with E-state index in [2.05, 4.69) is 34.6 Å². The van der Waals surface area contributed by atoms with Gasteiger partial charge in [-0.3, -0.25) is 5.32 Å². The van der Waals surface area contributed by atoms with E-state index in [1.54, 1.807) is 11.8 Å². The molecule has 0 spiro atoms. The van der Waals surface area contributed by atoms with Crippen molar-refractivity contribution in [3.05, 3.63) is 5.82 Å². The van der Waals surface area contributed by atoms with Crippen LogP contribution >= 0.6 is 23.3 Å². The molecule has 0 radical (unpaired) electrons. The molecule has 0 fully saturated rings. The van der Waals surface area contributed by atoms with Gasteiger partial charge in [-0.2, -0.15) is 9.64 Å². The van der Waals surface area contributed by atoms with Crippen molar-refractivity contribution in [2.45, 2.75) is 56.3 Å². The SMILES string of the molecule is CCCNC(C#N)(CC)CCCSc1nc(C)ns1. The first-order chi connectivity index (χ1) is 9.15. The van der Waals surface area contributed by atoms with Gasteiger partial charge >= 0.3 is 0 Å². The summed E-state index contributed by atoms with van der Waals surface area (Å²) in [6.07, 6.45) is 3.82. The monoisotopic (exact) mass is 298 g/mol. The molecular weight excluding hydrogens is 276 g/mol. The minimum atomic E-state index is -0.354. The molecule has 0 aliphatic carbocycles. The summed E-state index contributed by atoms with van der Waals surface area (Å²) in [5, 5.41) is 12.8. The summed E-state index contributed by atoms with van der Waals surface area (Å²) >= 11 is 3.19. The zero-order valence-corrected chi connectivity index (χ0v) is 13.5. The number of aromatic nitrogens is 2. The molecule has 0 bridgehead atoms. The second-order valence-electron chi connectivity index (χ2n) is 4.53. The molecule has 1 aromatic rings. The third-order valence-corrected chi connectivity index (χ3v) is 5.02. The third kappa shape index (κ3) is 5.47. The average molecular weight is 298 g/mol. The second kappa shape index (κ2) is 8.51. The fourth-order valence-electron chi connectivity index (χ4n) is 1.80. The Labute approximate surface area is 124 Å². The topological polar surface area (TPSA) is 61.6 Å². The maximum atomic E-state index is 9.38. The fraction of sp³-hybridized carbons (Fsp3) is 0.769. The number of thioether (sulfide) groups is 1. The number of nitrogens with one attached hydrogen (secondary N) is 1. The van der Waals surface area contributed by atoms with Crippen LogP contribution in [-0.4, -0.2) is 27.2 Å². The van der Waals surface area contributed by atoms with E-state index in [9.17, 15) is 5.26 Å². The van der Waals surface area contributed by atoms with Crippen LogP contribution in [-0.2, 0) is 0 Å². The van der Waals surface area contributed by atoms with Gasteiger partial charge in [0.15, 0.2) is 4.34 Å². The van der Waals surface area contributed by atoms with Crippen LogP contribution in [0.15, 0.2) is 4.34 Å². The van der Waals surface area contributed by atoms with Crippen LogP contribution < -0.4 is 5.32 Å². The summed E-state index contributed by atoms with van der Waals surface area (Å²) in [5.41, 5.74) is -0.354. The number of rotatable bonds is 9. The Balaban J connectivity index is 2.34. The van der Waals surface area contributed by atoms with Crippen LogP contribution in [0.1, 0.15) is 45.4 Å². The lowest BCUT2D eigenvalue weighted by molar-refractivity contribution is 0.371. The van der Waals surface area contributed by atoms with E-state index in [4.69, 9.17) is 0 Å². The van der Waals surface area contributed by atoms with Crippen LogP contribution in [0.25, 0.3) is 0 Å². The van der Waals surface area contributed by atoms with Gasteiger partial charge in [-0.15, -0.1) is 0 Å². The maximum absolute atomic E-state index is 9.38. The van der Waals surface area contributed by atoms with Crippen molar-refractivity contribution in [2.75, 3.05) is 12.3 Å². The lowest BCUT2D eigenvalue weighted by atomic mass is 9.92. The molecule has 0 aliphatic rings. The van der Waals surface area contributed by atoms with Crippen molar-refractivity contribution in [3.8, 4) is 6.07 Å². The molecule has 1 unspecified atom stereocenters. The number of nitrogens with zero attached hydrogens (tertiary/aromatic N) is 3. The van der Waals surface area contributed by atoms with E-state index in [0.29, 0.717) is 0 Å². The van der Waals surface area contributed by atoms with Crippen LogP contribution in [0, 0.1) is 18.3 Å². The largest absolute Gasteiger partial charge is 0.299 e. The Morgan fingerprint density at radius 3 is 2.79 bits per heavy atom. The van der Waals surface area contributed by atoms with Crippen molar-refractivity contribution in [3.63, 3.8) is 0 Å². The summed E-state index contributed by atoms with van der Waals surface area (Å²) in [6, 6.07) is 2.46. The maximum Gasteiger partial charge on any atom is 0.170 e. The molecule has 106 valence electrons. The van der Waals surface area contributed by atoms with Crippen molar-refractivity contribution >= 4 is 23.3 Å². The molecule has 0 saturated carbocycles. The first-order valence-corrected chi connectivity index (χ1v) is 8.51. The van der Waals surface area contributed by atoms with Gasteiger partial charge in [0, 0.05) is 5.75 Å². The summed E-state index contributed by atoms with van der Waals surface area (Å²) in [5.74, 6) is 1.84. The lowest BCUT2D eigenvalue weighted by Crippen LogP contribution is -2.43. The van der Waals surface area contributed by atoms with E-state index in [1.165, 1.54) is 11.5 Å². The van der Waals surface area contributed by atoms with Gasteiger partial charge in [-0.1, -0.05) is 25.6 Å². The molecule has 1 N–H and O–H groups in total. The van der Waals surface area contributed by atoms with Crippen LogP contribution in [0.2, 0.25) is 0 Å². The van der Waals surface area contributed by atoms with Gasteiger partial charge in [0.2, 0.25) is 0 Å². The quantitative estimate of drug-likeness (QED) is 0.559. The van der Waals surface area contributed by atoms with Gasteiger partial charge < -0.3 is 0 Å².